The van der Waals surface area contributed by atoms with Crippen molar-refractivity contribution in [2.45, 2.75) is 31.5 Å². The van der Waals surface area contributed by atoms with Crippen molar-refractivity contribution in [1.82, 2.24) is 19.7 Å². The molecule has 0 aliphatic heterocycles. The lowest BCUT2D eigenvalue weighted by atomic mass is 10.2. The first-order chi connectivity index (χ1) is 15.5. The van der Waals surface area contributed by atoms with Crippen LogP contribution >= 0.6 is 11.8 Å². The Morgan fingerprint density at radius 3 is 2.59 bits per heavy atom. The van der Waals surface area contributed by atoms with Crippen LogP contribution in [-0.4, -0.2) is 51.0 Å². The number of thioether (sulfide) groups is 1. The van der Waals surface area contributed by atoms with E-state index in [-0.39, 0.29) is 24.6 Å². The fourth-order valence-corrected chi connectivity index (χ4v) is 4.03. The summed E-state index contributed by atoms with van der Waals surface area (Å²) in [5.41, 5.74) is 6.83. The molecule has 0 atom stereocenters. The summed E-state index contributed by atoms with van der Waals surface area (Å²) < 4.78 is 7.41. The predicted octanol–water partition coefficient (Wildman–Crippen LogP) is 2.76. The van der Waals surface area contributed by atoms with Crippen molar-refractivity contribution in [2.24, 2.45) is 5.73 Å². The highest BCUT2D eigenvalue weighted by Crippen LogP contribution is 2.30. The molecule has 32 heavy (non-hydrogen) atoms. The summed E-state index contributed by atoms with van der Waals surface area (Å²) >= 11 is 1.31. The van der Waals surface area contributed by atoms with E-state index in [4.69, 9.17) is 10.5 Å². The van der Waals surface area contributed by atoms with Gasteiger partial charge in [0.05, 0.1) is 18.6 Å². The molecular weight excluding hydrogens is 428 g/mol. The Balaban J connectivity index is 1.81. The first-order valence-electron chi connectivity index (χ1n) is 10.2. The van der Waals surface area contributed by atoms with Gasteiger partial charge in [0.25, 0.3) is 0 Å². The van der Waals surface area contributed by atoms with Crippen LogP contribution in [0.15, 0.2) is 53.9 Å². The van der Waals surface area contributed by atoms with Gasteiger partial charge in [0, 0.05) is 37.5 Å². The van der Waals surface area contributed by atoms with Gasteiger partial charge in [-0.15, -0.1) is 10.2 Å². The molecule has 3 rings (SSSR count). The average Bonchev–Trinajstić information content (AvgIpc) is 3.21. The van der Waals surface area contributed by atoms with E-state index in [1.54, 1.807) is 24.5 Å². The number of hydrogen-bond acceptors (Lipinski definition) is 7. The van der Waals surface area contributed by atoms with Crippen LogP contribution in [0.25, 0.3) is 11.4 Å². The average molecular weight is 455 g/mol. The summed E-state index contributed by atoms with van der Waals surface area (Å²) in [4.78, 5) is 30.1. The number of anilines is 1. The first kappa shape index (κ1) is 23.3. The third kappa shape index (κ3) is 5.64. The Bertz CT molecular complexity index is 1060. The molecule has 3 aromatic rings. The van der Waals surface area contributed by atoms with E-state index in [0.29, 0.717) is 16.6 Å². The second-order valence-electron chi connectivity index (χ2n) is 6.92. The summed E-state index contributed by atoms with van der Waals surface area (Å²) in [6, 6.07) is 10.9. The molecule has 9 nitrogen and oxygen atoms in total. The van der Waals surface area contributed by atoms with Gasteiger partial charge in [-0.2, -0.15) is 0 Å². The number of ether oxygens (including phenoxy) is 1. The Labute approximate surface area is 191 Å². The Morgan fingerprint density at radius 1 is 1.16 bits per heavy atom. The van der Waals surface area contributed by atoms with E-state index in [1.165, 1.54) is 23.8 Å². The van der Waals surface area contributed by atoms with Crippen LogP contribution in [0.1, 0.15) is 19.8 Å². The molecule has 0 unspecified atom stereocenters. The fourth-order valence-electron chi connectivity index (χ4n) is 3.19. The maximum Gasteiger partial charge on any atom is 0.237 e. The monoisotopic (exact) mass is 454 g/mol. The lowest BCUT2D eigenvalue weighted by Crippen LogP contribution is -2.35. The van der Waals surface area contributed by atoms with Crippen LogP contribution < -0.4 is 15.4 Å². The Kier molecular flexibility index (Phi) is 8.20. The molecule has 2 heterocycles. The number of benzene rings is 1. The molecule has 1 aromatic carbocycles. The summed E-state index contributed by atoms with van der Waals surface area (Å²) in [5, 5.41) is 9.29. The van der Waals surface area contributed by atoms with Crippen LogP contribution in [0.4, 0.5) is 5.69 Å². The van der Waals surface area contributed by atoms with Gasteiger partial charge in [0.1, 0.15) is 5.75 Å². The number of para-hydroxylation sites is 2. The van der Waals surface area contributed by atoms with Crippen LogP contribution in [0.2, 0.25) is 0 Å². The molecule has 0 spiro atoms. The van der Waals surface area contributed by atoms with E-state index >= 15 is 0 Å². The number of pyridine rings is 1. The molecule has 2 N–H and O–H groups in total. The molecular formula is C22H26N6O3S. The maximum absolute atomic E-state index is 13.2. The molecule has 0 aliphatic carbocycles. The number of hydrogen-bond donors (Lipinski definition) is 1. The van der Waals surface area contributed by atoms with Crippen molar-refractivity contribution in [3.8, 4) is 17.1 Å². The highest BCUT2D eigenvalue weighted by atomic mass is 32.2. The minimum atomic E-state index is -0.477. The second kappa shape index (κ2) is 11.3. The van der Waals surface area contributed by atoms with Crippen molar-refractivity contribution in [3.05, 3.63) is 48.8 Å². The Morgan fingerprint density at radius 2 is 1.91 bits per heavy atom. The number of methoxy groups -OCH3 is 1. The molecule has 0 bridgehead atoms. The standard InChI is InChI=1S/C22H26N6O3S/c1-3-13-28-21(16-8-11-24-12-9-16)25-26-22(28)32-15-20(30)27(14-10-19(23)29)17-6-4-5-7-18(17)31-2/h4-9,11-12H,3,10,13-15H2,1-2H3,(H2,23,29). The predicted molar refractivity (Wildman–Crippen MR) is 123 cm³/mol. The van der Waals surface area contributed by atoms with Crippen molar-refractivity contribution in [2.75, 3.05) is 24.3 Å². The molecule has 0 saturated heterocycles. The molecule has 10 heteroatoms. The number of rotatable bonds is 11. The minimum Gasteiger partial charge on any atom is -0.495 e. The third-order valence-electron chi connectivity index (χ3n) is 4.69. The van der Waals surface area contributed by atoms with E-state index in [2.05, 4.69) is 22.1 Å². The van der Waals surface area contributed by atoms with Crippen LogP contribution in [0, 0.1) is 0 Å². The molecule has 2 aromatic heterocycles. The number of nitrogens with two attached hydrogens (primary N) is 1. The minimum absolute atomic E-state index is 0.0483. The molecule has 0 saturated carbocycles. The quantitative estimate of drug-likeness (QED) is 0.443. The summed E-state index contributed by atoms with van der Waals surface area (Å²) in [5.74, 6) is 0.742. The maximum atomic E-state index is 13.2. The summed E-state index contributed by atoms with van der Waals surface area (Å²) in [6.45, 7) is 2.96. The number of primary amides is 1. The van der Waals surface area contributed by atoms with E-state index < -0.39 is 5.91 Å². The molecule has 2 amide bonds. The number of amides is 2. The number of aromatic nitrogens is 4. The second-order valence-corrected chi connectivity index (χ2v) is 7.86. The van der Waals surface area contributed by atoms with E-state index in [9.17, 15) is 9.59 Å². The lowest BCUT2D eigenvalue weighted by molar-refractivity contribution is -0.118. The van der Waals surface area contributed by atoms with Crippen molar-refractivity contribution >= 4 is 29.3 Å². The molecule has 0 radical (unpaired) electrons. The van der Waals surface area contributed by atoms with Gasteiger partial charge in [-0.1, -0.05) is 30.8 Å². The van der Waals surface area contributed by atoms with Gasteiger partial charge in [0.2, 0.25) is 11.8 Å². The lowest BCUT2D eigenvalue weighted by Gasteiger charge is -2.24. The third-order valence-corrected chi connectivity index (χ3v) is 5.64. The van der Waals surface area contributed by atoms with Crippen molar-refractivity contribution in [3.63, 3.8) is 0 Å². The Hall–Kier alpha value is -3.40. The molecule has 0 aliphatic rings. The van der Waals surface area contributed by atoms with Gasteiger partial charge in [-0.3, -0.25) is 14.6 Å². The van der Waals surface area contributed by atoms with E-state index in [0.717, 1.165) is 24.4 Å². The van der Waals surface area contributed by atoms with Crippen molar-refractivity contribution < 1.29 is 14.3 Å². The number of nitrogens with zero attached hydrogens (tertiary/aromatic N) is 5. The fraction of sp³-hybridized carbons (Fsp3) is 0.318. The zero-order valence-corrected chi connectivity index (χ0v) is 18.9. The van der Waals surface area contributed by atoms with Crippen LogP contribution in [-0.2, 0) is 16.1 Å². The highest BCUT2D eigenvalue weighted by molar-refractivity contribution is 7.99. The van der Waals surface area contributed by atoms with Gasteiger partial charge in [0.15, 0.2) is 11.0 Å². The first-order valence-corrected chi connectivity index (χ1v) is 11.2. The largest absolute Gasteiger partial charge is 0.495 e. The topological polar surface area (TPSA) is 116 Å². The van der Waals surface area contributed by atoms with Crippen LogP contribution in [0.5, 0.6) is 5.75 Å². The number of carbonyl (C=O) groups is 2. The SMILES string of the molecule is CCCn1c(SCC(=O)N(CCC(N)=O)c2ccccc2OC)nnc1-c1ccncc1. The molecule has 168 valence electrons. The van der Waals surface area contributed by atoms with Crippen molar-refractivity contribution in [1.29, 1.82) is 0 Å². The number of carbonyl (C=O) groups excluding carboxylic acids is 2. The summed E-state index contributed by atoms with van der Waals surface area (Å²) in [7, 11) is 1.54. The van der Waals surface area contributed by atoms with Gasteiger partial charge < -0.3 is 19.9 Å². The summed E-state index contributed by atoms with van der Waals surface area (Å²) in [6.07, 6.45) is 4.36. The van der Waals surface area contributed by atoms with E-state index in [1.807, 2.05) is 28.8 Å². The smallest absolute Gasteiger partial charge is 0.237 e. The van der Waals surface area contributed by atoms with Gasteiger partial charge in [-0.05, 0) is 30.7 Å². The zero-order chi connectivity index (χ0) is 22.9. The normalized spacial score (nSPS) is 10.7. The van der Waals surface area contributed by atoms with Gasteiger partial charge in [-0.25, -0.2) is 0 Å². The zero-order valence-electron chi connectivity index (χ0n) is 18.1. The van der Waals surface area contributed by atoms with Crippen LogP contribution in [0.3, 0.4) is 0 Å². The van der Waals surface area contributed by atoms with Gasteiger partial charge >= 0.3 is 0 Å². The molecule has 0 fully saturated rings. The highest BCUT2D eigenvalue weighted by Gasteiger charge is 2.22.